The minimum Gasteiger partial charge on any atom is -0.494 e. The number of aliphatic imine (C=N–C) groups is 1. The standard InChI is InChI=1S/C26H35N7O4/c1-17(2)30-16-33(27)25-23-22(20(37-3)15-29-25)19(14-28-23)24(35)26(36)32-12-10-31(11-13-32)21(34)9-8-18-6-4-5-7-18/h14-16,18,28H,1,4-13,27H2,2-3H3/b30-16-. The van der Waals surface area contributed by atoms with Gasteiger partial charge in [0.25, 0.3) is 11.7 Å². The number of ether oxygens (including phenoxy) is 1. The zero-order valence-corrected chi connectivity index (χ0v) is 21.5. The first-order valence-electron chi connectivity index (χ1n) is 12.7. The predicted molar refractivity (Wildman–Crippen MR) is 141 cm³/mol. The van der Waals surface area contributed by atoms with Crippen molar-refractivity contribution in [1.82, 2.24) is 19.8 Å². The van der Waals surface area contributed by atoms with Crippen LogP contribution in [0.25, 0.3) is 10.9 Å². The molecule has 1 aliphatic heterocycles. The van der Waals surface area contributed by atoms with Crippen LogP contribution < -0.4 is 15.6 Å². The maximum atomic E-state index is 13.3. The molecule has 1 saturated heterocycles. The van der Waals surface area contributed by atoms with Gasteiger partial charge >= 0.3 is 0 Å². The van der Waals surface area contributed by atoms with E-state index >= 15 is 0 Å². The number of nitrogens with one attached hydrogen (secondary N) is 1. The van der Waals surface area contributed by atoms with Gasteiger partial charge in [0, 0.05) is 44.5 Å². The van der Waals surface area contributed by atoms with Crippen LogP contribution in [0.1, 0.15) is 55.8 Å². The Bertz CT molecular complexity index is 1210. The lowest BCUT2D eigenvalue weighted by Gasteiger charge is -2.34. The van der Waals surface area contributed by atoms with Gasteiger partial charge in [-0.3, -0.25) is 14.4 Å². The van der Waals surface area contributed by atoms with Crippen molar-refractivity contribution >= 4 is 40.7 Å². The molecule has 4 rings (SSSR count). The molecule has 3 heterocycles. The third-order valence-corrected chi connectivity index (χ3v) is 7.12. The highest BCUT2D eigenvalue weighted by atomic mass is 16.5. The number of anilines is 1. The summed E-state index contributed by atoms with van der Waals surface area (Å²) in [7, 11) is 1.46. The Kier molecular flexibility index (Phi) is 8.22. The van der Waals surface area contributed by atoms with Crippen LogP contribution in [0.3, 0.4) is 0 Å². The summed E-state index contributed by atoms with van der Waals surface area (Å²) in [5.74, 6) is 6.23. The zero-order valence-electron chi connectivity index (χ0n) is 21.5. The first-order valence-corrected chi connectivity index (χ1v) is 12.7. The third kappa shape index (κ3) is 5.82. The van der Waals surface area contributed by atoms with Crippen LogP contribution in [0.2, 0.25) is 0 Å². The molecule has 3 N–H and O–H groups in total. The SMILES string of the molecule is C=C(C)/N=C\N(N)c1ncc(OC)c2c(C(=O)C(=O)N3CCN(C(=O)CCC4CCCC4)CC3)c[nH]c12. The molecule has 0 bridgehead atoms. The molecule has 1 aliphatic carbocycles. The number of hydrazine groups is 1. The van der Waals surface area contributed by atoms with Gasteiger partial charge in [-0.2, -0.15) is 0 Å². The quantitative estimate of drug-likeness (QED) is 0.132. The summed E-state index contributed by atoms with van der Waals surface area (Å²) in [4.78, 5) is 53.8. The summed E-state index contributed by atoms with van der Waals surface area (Å²) in [6.45, 7) is 6.93. The minimum atomic E-state index is -0.665. The maximum absolute atomic E-state index is 13.3. The number of ketones is 1. The number of amides is 2. The van der Waals surface area contributed by atoms with Crippen molar-refractivity contribution < 1.29 is 19.1 Å². The Morgan fingerprint density at radius 1 is 1.24 bits per heavy atom. The Labute approximate surface area is 216 Å². The summed E-state index contributed by atoms with van der Waals surface area (Å²) in [6.07, 6.45) is 10.7. The van der Waals surface area contributed by atoms with E-state index in [1.165, 1.54) is 61.4 Å². The number of methoxy groups -OCH3 is 1. The number of allylic oxidation sites excluding steroid dienone is 1. The highest BCUT2D eigenvalue weighted by Crippen LogP contribution is 2.33. The van der Waals surface area contributed by atoms with Crippen LogP contribution in [0.15, 0.2) is 29.7 Å². The highest BCUT2D eigenvalue weighted by molar-refractivity contribution is 6.45. The molecule has 198 valence electrons. The van der Waals surface area contributed by atoms with Gasteiger partial charge in [-0.25, -0.2) is 20.8 Å². The second kappa shape index (κ2) is 11.5. The minimum absolute atomic E-state index is 0.133. The molecule has 2 fully saturated rings. The second-order valence-corrected chi connectivity index (χ2v) is 9.68. The van der Waals surface area contributed by atoms with Gasteiger partial charge in [0.05, 0.1) is 29.8 Å². The van der Waals surface area contributed by atoms with E-state index in [1.807, 2.05) is 0 Å². The van der Waals surface area contributed by atoms with Crippen LogP contribution in [-0.4, -0.2) is 77.0 Å². The molecular formula is C26H35N7O4. The lowest BCUT2D eigenvalue weighted by Crippen LogP contribution is -2.52. The van der Waals surface area contributed by atoms with Crippen LogP contribution >= 0.6 is 0 Å². The number of hydrogen-bond acceptors (Lipinski definition) is 7. The lowest BCUT2D eigenvalue weighted by atomic mass is 10.0. The van der Waals surface area contributed by atoms with Gasteiger partial charge in [-0.05, 0) is 19.3 Å². The summed E-state index contributed by atoms with van der Waals surface area (Å²) in [6, 6.07) is 0. The Morgan fingerprint density at radius 3 is 2.57 bits per heavy atom. The number of pyridine rings is 1. The summed E-state index contributed by atoms with van der Waals surface area (Å²) in [5, 5.41) is 1.61. The summed E-state index contributed by atoms with van der Waals surface area (Å²) < 4.78 is 5.42. The van der Waals surface area contributed by atoms with Crippen LogP contribution in [0, 0.1) is 5.92 Å². The number of carbonyl (C=O) groups excluding carboxylic acids is 3. The van der Waals surface area contributed by atoms with E-state index < -0.39 is 11.7 Å². The number of Topliss-reactive ketones (excluding diaryl/α,β-unsaturated/α-hetero) is 1. The number of aromatic nitrogens is 2. The average molecular weight is 510 g/mol. The monoisotopic (exact) mass is 509 g/mol. The van der Waals surface area contributed by atoms with E-state index in [1.54, 1.807) is 11.8 Å². The van der Waals surface area contributed by atoms with E-state index in [2.05, 4.69) is 21.5 Å². The van der Waals surface area contributed by atoms with Crippen molar-refractivity contribution in [2.24, 2.45) is 16.8 Å². The maximum Gasteiger partial charge on any atom is 0.295 e. The average Bonchev–Trinajstić information content (AvgIpc) is 3.59. The Morgan fingerprint density at radius 2 is 1.92 bits per heavy atom. The molecule has 2 aromatic heterocycles. The van der Waals surface area contributed by atoms with Gasteiger partial charge in [0.2, 0.25) is 5.91 Å². The predicted octanol–water partition coefficient (Wildman–Crippen LogP) is 2.64. The molecule has 0 atom stereocenters. The number of nitrogens with zero attached hydrogens (tertiary/aromatic N) is 5. The zero-order chi connectivity index (χ0) is 26.5. The number of hydrogen-bond donors (Lipinski definition) is 2. The van der Waals surface area contributed by atoms with Gasteiger partial charge < -0.3 is 19.5 Å². The van der Waals surface area contributed by atoms with Crippen molar-refractivity contribution in [3.05, 3.63) is 30.2 Å². The van der Waals surface area contributed by atoms with Crippen molar-refractivity contribution in [2.45, 2.75) is 45.4 Å². The molecular weight excluding hydrogens is 474 g/mol. The third-order valence-electron chi connectivity index (χ3n) is 7.12. The smallest absolute Gasteiger partial charge is 0.295 e. The van der Waals surface area contributed by atoms with E-state index in [-0.39, 0.29) is 11.5 Å². The summed E-state index contributed by atoms with van der Waals surface area (Å²) in [5.41, 5.74) is 1.16. The fourth-order valence-corrected chi connectivity index (χ4v) is 5.05. The van der Waals surface area contributed by atoms with Crippen molar-refractivity contribution in [3.8, 4) is 5.75 Å². The van der Waals surface area contributed by atoms with Crippen molar-refractivity contribution in [3.63, 3.8) is 0 Å². The molecule has 0 spiro atoms. The number of H-pyrrole nitrogens is 1. The van der Waals surface area contributed by atoms with Crippen LogP contribution in [-0.2, 0) is 9.59 Å². The Balaban J connectivity index is 1.44. The van der Waals surface area contributed by atoms with E-state index in [4.69, 9.17) is 10.6 Å². The summed E-state index contributed by atoms with van der Waals surface area (Å²) >= 11 is 0. The first-order chi connectivity index (χ1) is 17.8. The first kappa shape index (κ1) is 26.3. The molecule has 0 aromatic carbocycles. The Hall–Kier alpha value is -3.73. The van der Waals surface area contributed by atoms with Gasteiger partial charge in [-0.1, -0.05) is 32.3 Å². The normalized spacial score (nSPS) is 16.5. The number of piperazine rings is 1. The van der Waals surface area contributed by atoms with E-state index in [9.17, 15) is 14.4 Å². The topological polar surface area (TPSA) is 137 Å². The van der Waals surface area contributed by atoms with Gasteiger partial charge in [0.1, 0.15) is 12.1 Å². The fourth-order valence-electron chi connectivity index (χ4n) is 5.05. The van der Waals surface area contributed by atoms with E-state index in [0.717, 1.165) is 6.42 Å². The fraction of sp³-hybridized carbons (Fsp3) is 0.500. The second-order valence-electron chi connectivity index (χ2n) is 9.68. The van der Waals surface area contributed by atoms with Gasteiger partial charge in [-0.15, -0.1) is 0 Å². The van der Waals surface area contributed by atoms with Crippen LogP contribution in [0.5, 0.6) is 5.75 Å². The molecule has 11 nitrogen and oxygen atoms in total. The van der Waals surface area contributed by atoms with E-state index in [0.29, 0.717) is 66.7 Å². The number of rotatable bonds is 9. The largest absolute Gasteiger partial charge is 0.494 e. The molecule has 2 aliphatic rings. The molecule has 0 radical (unpaired) electrons. The van der Waals surface area contributed by atoms with Gasteiger partial charge in [0.15, 0.2) is 5.82 Å². The number of fused-ring (bicyclic) bond motifs is 1. The molecule has 2 amide bonds. The van der Waals surface area contributed by atoms with Crippen molar-refractivity contribution in [2.75, 3.05) is 38.3 Å². The highest BCUT2D eigenvalue weighted by Gasteiger charge is 2.31. The van der Waals surface area contributed by atoms with Crippen LogP contribution in [0.4, 0.5) is 5.82 Å². The molecule has 1 saturated carbocycles. The van der Waals surface area contributed by atoms with Crippen molar-refractivity contribution in [1.29, 1.82) is 0 Å². The lowest BCUT2D eigenvalue weighted by molar-refractivity contribution is -0.137. The number of nitrogens with two attached hydrogens (primary N) is 1. The molecule has 2 aromatic rings. The molecule has 37 heavy (non-hydrogen) atoms. The number of aromatic amines is 1. The molecule has 0 unspecified atom stereocenters. The number of carbonyl (C=O) groups is 3. The molecule has 11 heteroatoms.